The van der Waals surface area contributed by atoms with E-state index in [9.17, 15) is 2.74 Å². The summed E-state index contributed by atoms with van der Waals surface area (Å²) in [5.41, 5.74) is 9.03. The molecule has 0 fully saturated rings. The van der Waals surface area contributed by atoms with E-state index < -0.39 is 6.04 Å². The molecule has 0 atom stereocenters. The summed E-state index contributed by atoms with van der Waals surface area (Å²) < 4.78 is 48.5. The van der Waals surface area contributed by atoms with Gasteiger partial charge >= 0.3 is 0 Å². The Morgan fingerprint density at radius 2 is 1.13 bits per heavy atom. The van der Waals surface area contributed by atoms with Gasteiger partial charge in [-0.3, -0.25) is 0 Å². The van der Waals surface area contributed by atoms with Crippen molar-refractivity contribution in [3.05, 3.63) is 158 Å². The van der Waals surface area contributed by atoms with E-state index >= 15 is 0 Å². The van der Waals surface area contributed by atoms with Crippen molar-refractivity contribution < 1.29 is 6.85 Å². The molecular weight excluding hydrogens is 565 g/mol. The lowest BCUT2D eigenvalue weighted by Gasteiger charge is -2.42. The number of anilines is 6. The zero-order valence-electron chi connectivity index (χ0n) is 29.0. The van der Waals surface area contributed by atoms with Crippen LogP contribution in [0.1, 0.15) is 6.85 Å². The van der Waals surface area contributed by atoms with E-state index in [-0.39, 0.29) is 36.6 Å². The van der Waals surface area contributed by atoms with E-state index in [1.807, 2.05) is 47.0 Å². The maximum Gasteiger partial charge on any atom is 0.285 e. The fraction of sp³-hybridized carbons (Fsp3) is 0. The van der Waals surface area contributed by atoms with Crippen LogP contribution in [0.15, 0.2) is 158 Å². The van der Waals surface area contributed by atoms with Crippen LogP contribution >= 0.6 is 11.3 Å². The summed E-state index contributed by atoms with van der Waals surface area (Å²) in [6, 6.07) is 42.2. The number of fused-ring (bicyclic) bond motifs is 8. The van der Waals surface area contributed by atoms with Crippen molar-refractivity contribution in [3.63, 3.8) is 0 Å². The van der Waals surface area contributed by atoms with Gasteiger partial charge in [-0.05, 0) is 66.1 Å². The van der Waals surface area contributed by atoms with E-state index in [4.69, 9.17) is 4.11 Å². The van der Waals surface area contributed by atoms with Crippen molar-refractivity contribution in [1.82, 2.24) is 4.57 Å². The van der Waals surface area contributed by atoms with Gasteiger partial charge in [0.25, 0.3) is 6.71 Å². The Bertz CT molecular complexity index is 2650. The van der Waals surface area contributed by atoms with Crippen molar-refractivity contribution in [2.45, 2.75) is 0 Å². The molecule has 6 aromatic carbocycles. The van der Waals surface area contributed by atoms with Crippen molar-refractivity contribution in [3.8, 4) is 5.69 Å². The molecule has 0 N–H and O–H groups in total. The second kappa shape index (κ2) is 9.49. The Balaban J connectivity index is 1.43. The minimum atomic E-state index is -0.407. The molecule has 2 aliphatic rings. The molecule has 45 heavy (non-hydrogen) atoms. The van der Waals surface area contributed by atoms with Crippen LogP contribution in [0.5, 0.6) is 0 Å². The molecule has 4 heterocycles. The lowest BCUT2D eigenvalue weighted by atomic mass is 9.37. The highest BCUT2D eigenvalue weighted by Gasteiger charge is 2.47. The third-order valence-corrected chi connectivity index (χ3v) is 10.3. The van der Waals surface area contributed by atoms with Gasteiger partial charge in [-0.2, -0.15) is 0 Å². The number of aromatic nitrogens is 1. The lowest BCUT2D eigenvalue weighted by Crippen LogP contribution is -2.62. The second-order valence-electron chi connectivity index (χ2n) is 11.4. The normalized spacial score (nSPS) is 14.8. The van der Waals surface area contributed by atoms with Crippen LogP contribution in [0.2, 0.25) is 0 Å². The third-order valence-electron chi connectivity index (χ3n) is 9.03. The topological polar surface area (TPSA) is 11.4 Å². The Morgan fingerprint density at radius 3 is 1.84 bits per heavy atom. The average Bonchev–Trinajstić information content (AvgIpc) is 3.71. The number of para-hydroxylation sites is 4. The van der Waals surface area contributed by atoms with Crippen molar-refractivity contribution in [1.29, 1.82) is 0 Å². The summed E-state index contributed by atoms with van der Waals surface area (Å²) in [5.74, 6) is 0. The highest BCUT2D eigenvalue weighted by Crippen LogP contribution is 2.49. The van der Waals surface area contributed by atoms with Gasteiger partial charge in [-0.15, -0.1) is 11.3 Å². The van der Waals surface area contributed by atoms with Gasteiger partial charge in [0, 0.05) is 54.3 Å². The van der Waals surface area contributed by atoms with Gasteiger partial charge in [-0.1, -0.05) is 97.0 Å². The van der Waals surface area contributed by atoms with Gasteiger partial charge in [-0.25, -0.2) is 0 Å². The van der Waals surface area contributed by atoms with Crippen molar-refractivity contribution in [2.75, 3.05) is 9.80 Å². The SMILES string of the molecule is [2H]c1c([2H])c([2H])c(-n2c3c(c4ccccc42)N(c2ccccc2)c2cccc4c2B3c2sc3ccccc3c2N4c2ccccc2)c([2H])c1[2H]. The van der Waals surface area contributed by atoms with E-state index in [0.29, 0.717) is 0 Å². The molecule has 3 nitrogen and oxygen atoms in total. The summed E-state index contributed by atoms with van der Waals surface area (Å²) in [6.45, 7) is -0.311. The number of hydrogen-bond donors (Lipinski definition) is 0. The molecule has 0 bridgehead atoms. The molecule has 0 saturated heterocycles. The summed E-state index contributed by atoms with van der Waals surface area (Å²) >= 11 is 1.76. The van der Waals surface area contributed by atoms with Crippen molar-refractivity contribution >= 4 is 89.0 Å². The highest BCUT2D eigenvalue weighted by atomic mass is 32.1. The first kappa shape index (κ1) is 20.4. The largest absolute Gasteiger partial charge is 0.319 e. The summed E-state index contributed by atoms with van der Waals surface area (Å²) in [6.07, 6.45) is 0. The maximum absolute atomic E-state index is 9.21. The molecule has 210 valence electrons. The number of nitrogens with zero attached hydrogens (tertiary/aromatic N) is 3. The molecule has 0 radical (unpaired) electrons. The summed E-state index contributed by atoms with van der Waals surface area (Å²) in [4.78, 5) is 4.66. The third kappa shape index (κ3) is 3.41. The van der Waals surface area contributed by atoms with Crippen LogP contribution in [-0.4, -0.2) is 11.3 Å². The molecule has 10 rings (SSSR count). The molecule has 2 aliphatic heterocycles. The zero-order valence-corrected chi connectivity index (χ0v) is 24.8. The molecule has 0 spiro atoms. The molecule has 5 heteroatoms. The Labute approximate surface area is 272 Å². The van der Waals surface area contributed by atoms with Crippen LogP contribution < -0.4 is 25.6 Å². The minimum Gasteiger partial charge on any atom is -0.319 e. The smallest absolute Gasteiger partial charge is 0.285 e. The van der Waals surface area contributed by atoms with E-state index in [0.717, 1.165) is 70.9 Å². The first-order valence-electron chi connectivity index (χ1n) is 17.5. The van der Waals surface area contributed by atoms with E-state index in [1.165, 1.54) is 0 Å². The van der Waals surface area contributed by atoms with Crippen LogP contribution in [0.25, 0.3) is 26.7 Å². The molecule has 0 saturated carbocycles. The Morgan fingerprint density at radius 1 is 0.533 bits per heavy atom. The van der Waals surface area contributed by atoms with Crippen LogP contribution in [0.3, 0.4) is 0 Å². The molecular formula is C40H26BN3S. The minimum absolute atomic E-state index is 0.149. The average molecular weight is 597 g/mol. The molecule has 2 aromatic heterocycles. The van der Waals surface area contributed by atoms with Crippen LogP contribution in [0.4, 0.5) is 34.1 Å². The van der Waals surface area contributed by atoms with Gasteiger partial charge in [0.15, 0.2) is 0 Å². The Hall–Kier alpha value is -5.52. The van der Waals surface area contributed by atoms with Gasteiger partial charge in [0.2, 0.25) is 0 Å². The molecule has 0 unspecified atom stereocenters. The predicted octanol–water partition coefficient (Wildman–Crippen LogP) is 8.93. The zero-order chi connectivity index (χ0) is 33.8. The van der Waals surface area contributed by atoms with Gasteiger partial charge in [0.1, 0.15) is 0 Å². The molecule has 0 amide bonds. The fourth-order valence-corrected chi connectivity index (χ4v) is 8.67. The number of thiophene rings is 1. The monoisotopic (exact) mass is 596 g/mol. The first-order chi connectivity index (χ1) is 24.5. The molecule has 8 aromatic rings. The molecule has 0 aliphatic carbocycles. The maximum atomic E-state index is 9.21. The lowest BCUT2D eigenvalue weighted by molar-refractivity contribution is 1.15. The summed E-state index contributed by atoms with van der Waals surface area (Å²) in [5, 5.41) is 2.08. The van der Waals surface area contributed by atoms with Crippen LogP contribution in [-0.2, 0) is 0 Å². The standard InChI is InChI=1S/C40H26BN3S/c1-4-15-27(16-5-1)42-33-24-14-25-34-36(33)41(39-37(42)30-21-10-12-23-32(30)44(39)29-19-8-3-9-20-29)40-38(31-22-11-13-26-35(31)45-40)43(34)28-17-6-2-7-18-28/h1-26H/i3D,8D,9D,19D,20D. The summed E-state index contributed by atoms with van der Waals surface area (Å²) in [7, 11) is 0. The van der Waals surface area contributed by atoms with Crippen LogP contribution in [0, 0.1) is 0 Å². The number of hydrogen-bond acceptors (Lipinski definition) is 3. The van der Waals surface area contributed by atoms with E-state index in [2.05, 4.69) is 94.7 Å². The quantitative estimate of drug-likeness (QED) is 0.189. The van der Waals surface area contributed by atoms with Gasteiger partial charge < -0.3 is 14.4 Å². The number of rotatable bonds is 3. The van der Waals surface area contributed by atoms with Gasteiger partial charge in [0.05, 0.1) is 23.7 Å². The predicted molar refractivity (Wildman–Crippen MR) is 193 cm³/mol. The highest BCUT2D eigenvalue weighted by molar-refractivity contribution is 7.33. The first-order valence-corrected chi connectivity index (χ1v) is 15.8. The fourth-order valence-electron chi connectivity index (χ4n) is 7.37. The van der Waals surface area contributed by atoms with Crippen molar-refractivity contribution in [2.24, 2.45) is 0 Å². The second-order valence-corrected chi connectivity index (χ2v) is 12.4. The number of benzene rings is 6. The van der Waals surface area contributed by atoms with E-state index in [1.54, 1.807) is 11.3 Å². The Kier molecular flexibility index (Phi) is 4.31.